The third-order valence-corrected chi connectivity index (χ3v) is 4.09. The van der Waals surface area contributed by atoms with E-state index in [1.54, 1.807) is 32.9 Å². The summed E-state index contributed by atoms with van der Waals surface area (Å²) < 4.78 is 10.7. The molecule has 1 N–H and O–H groups in total. The molecule has 2 aromatic rings. The van der Waals surface area contributed by atoms with E-state index >= 15 is 0 Å². The predicted molar refractivity (Wildman–Crippen MR) is 80.7 cm³/mol. The smallest absolute Gasteiger partial charge is 0.132 e. The molecular weight excluding hydrogens is 272 g/mol. The van der Waals surface area contributed by atoms with E-state index in [0.29, 0.717) is 5.75 Å². The Balaban J connectivity index is 2.43. The van der Waals surface area contributed by atoms with Crippen LogP contribution in [-0.4, -0.2) is 19.3 Å². The number of ether oxygens (including phenoxy) is 2. The molecule has 0 amide bonds. The topological polar surface area (TPSA) is 38.7 Å². The lowest BCUT2D eigenvalue weighted by Crippen LogP contribution is -1.99. The van der Waals surface area contributed by atoms with Crippen molar-refractivity contribution in [3.8, 4) is 11.5 Å². The summed E-state index contributed by atoms with van der Waals surface area (Å²) in [7, 11) is 3.26. The minimum atomic E-state index is -0.594. The minimum Gasteiger partial charge on any atom is -0.496 e. The molecular formula is C16H18O3S. The molecule has 0 aliphatic carbocycles. The van der Waals surface area contributed by atoms with Gasteiger partial charge in [0.15, 0.2) is 0 Å². The van der Waals surface area contributed by atoms with Gasteiger partial charge in [0.1, 0.15) is 11.5 Å². The molecule has 1 unspecified atom stereocenters. The fourth-order valence-electron chi connectivity index (χ4n) is 2.02. The molecule has 0 saturated heterocycles. The maximum absolute atomic E-state index is 10.00. The number of hydrogen-bond acceptors (Lipinski definition) is 4. The highest BCUT2D eigenvalue weighted by Gasteiger charge is 2.16. The Morgan fingerprint density at radius 2 is 1.50 bits per heavy atom. The second kappa shape index (κ2) is 6.68. The van der Waals surface area contributed by atoms with Crippen LogP contribution in [0.5, 0.6) is 11.5 Å². The third-order valence-electron chi connectivity index (χ3n) is 2.95. The second-order valence-corrected chi connectivity index (χ2v) is 5.38. The van der Waals surface area contributed by atoms with E-state index in [1.807, 2.05) is 42.5 Å². The van der Waals surface area contributed by atoms with Crippen molar-refractivity contribution in [3.05, 3.63) is 48.0 Å². The molecule has 0 bridgehead atoms. The number of rotatable bonds is 5. The van der Waals surface area contributed by atoms with Crippen LogP contribution in [0.25, 0.3) is 0 Å². The summed E-state index contributed by atoms with van der Waals surface area (Å²) in [5.41, 5.74) is 0.797. The average molecular weight is 290 g/mol. The Bertz CT molecular complexity index is 582. The van der Waals surface area contributed by atoms with Crippen molar-refractivity contribution in [1.29, 1.82) is 0 Å². The van der Waals surface area contributed by atoms with Gasteiger partial charge in [0.2, 0.25) is 0 Å². The van der Waals surface area contributed by atoms with Gasteiger partial charge in [-0.05, 0) is 31.2 Å². The first kappa shape index (κ1) is 14.8. The first-order valence-corrected chi connectivity index (χ1v) is 7.15. The largest absolute Gasteiger partial charge is 0.496 e. The first-order valence-electron chi connectivity index (χ1n) is 6.33. The van der Waals surface area contributed by atoms with Crippen molar-refractivity contribution in [2.45, 2.75) is 22.8 Å². The van der Waals surface area contributed by atoms with Gasteiger partial charge in [-0.1, -0.05) is 30.0 Å². The molecule has 0 radical (unpaired) electrons. The van der Waals surface area contributed by atoms with E-state index < -0.39 is 6.10 Å². The van der Waals surface area contributed by atoms with Crippen molar-refractivity contribution in [2.24, 2.45) is 0 Å². The van der Waals surface area contributed by atoms with Gasteiger partial charge in [0, 0.05) is 10.5 Å². The van der Waals surface area contributed by atoms with Gasteiger partial charge in [-0.3, -0.25) is 0 Å². The zero-order valence-corrected chi connectivity index (χ0v) is 12.6. The molecule has 2 rings (SSSR count). The zero-order valence-electron chi connectivity index (χ0n) is 11.8. The van der Waals surface area contributed by atoms with Crippen molar-refractivity contribution < 1.29 is 14.6 Å². The molecule has 106 valence electrons. The Morgan fingerprint density at radius 3 is 2.15 bits per heavy atom. The van der Waals surface area contributed by atoms with E-state index in [4.69, 9.17) is 9.47 Å². The fraction of sp³-hybridized carbons (Fsp3) is 0.250. The highest BCUT2D eigenvalue weighted by molar-refractivity contribution is 7.99. The highest BCUT2D eigenvalue weighted by atomic mass is 32.2. The Labute approximate surface area is 123 Å². The summed E-state index contributed by atoms with van der Waals surface area (Å²) in [6.45, 7) is 1.74. The summed E-state index contributed by atoms with van der Waals surface area (Å²) in [6, 6.07) is 13.6. The molecule has 1 atom stereocenters. The Morgan fingerprint density at radius 1 is 0.900 bits per heavy atom. The van der Waals surface area contributed by atoms with Crippen LogP contribution in [0.3, 0.4) is 0 Å². The van der Waals surface area contributed by atoms with Crippen molar-refractivity contribution in [2.75, 3.05) is 14.2 Å². The number of methoxy groups -OCH3 is 2. The molecule has 0 aliphatic heterocycles. The van der Waals surface area contributed by atoms with E-state index in [1.165, 1.54) is 0 Å². The van der Waals surface area contributed by atoms with Crippen LogP contribution in [0.15, 0.2) is 52.3 Å². The zero-order chi connectivity index (χ0) is 14.5. The molecule has 0 aromatic heterocycles. The van der Waals surface area contributed by atoms with Gasteiger partial charge in [-0.2, -0.15) is 0 Å². The predicted octanol–water partition coefficient (Wildman–Crippen LogP) is 3.91. The number of aliphatic hydroxyl groups excluding tert-OH is 1. The highest BCUT2D eigenvalue weighted by Crippen LogP contribution is 2.41. The van der Waals surface area contributed by atoms with E-state index in [9.17, 15) is 5.11 Å². The number of para-hydroxylation sites is 1. The van der Waals surface area contributed by atoms with Crippen LogP contribution >= 0.6 is 11.8 Å². The van der Waals surface area contributed by atoms with Crippen LogP contribution in [-0.2, 0) is 0 Å². The van der Waals surface area contributed by atoms with Gasteiger partial charge in [-0.15, -0.1) is 0 Å². The lowest BCUT2D eigenvalue weighted by atomic mass is 10.1. The molecule has 4 heteroatoms. The maximum atomic E-state index is 10.00. The van der Waals surface area contributed by atoms with Crippen LogP contribution in [0, 0.1) is 0 Å². The van der Waals surface area contributed by atoms with E-state index in [-0.39, 0.29) is 0 Å². The van der Waals surface area contributed by atoms with Crippen molar-refractivity contribution in [1.82, 2.24) is 0 Å². The lowest BCUT2D eigenvalue weighted by Gasteiger charge is -2.16. The Hall–Kier alpha value is -1.65. The number of aliphatic hydroxyl groups is 1. The van der Waals surface area contributed by atoms with Crippen LogP contribution < -0.4 is 9.47 Å². The van der Waals surface area contributed by atoms with Gasteiger partial charge in [0.25, 0.3) is 0 Å². The van der Waals surface area contributed by atoms with E-state index in [0.717, 1.165) is 21.1 Å². The Kier molecular flexibility index (Phi) is 4.93. The van der Waals surface area contributed by atoms with Crippen LogP contribution in [0.1, 0.15) is 18.6 Å². The monoisotopic (exact) mass is 290 g/mol. The van der Waals surface area contributed by atoms with E-state index in [2.05, 4.69) is 0 Å². The molecule has 0 heterocycles. The van der Waals surface area contributed by atoms with Crippen LogP contribution in [0.2, 0.25) is 0 Å². The van der Waals surface area contributed by atoms with Gasteiger partial charge >= 0.3 is 0 Å². The summed E-state index contributed by atoms with van der Waals surface area (Å²) >= 11 is 1.56. The lowest BCUT2D eigenvalue weighted by molar-refractivity contribution is 0.191. The SMILES string of the molecule is COc1ccccc1Sc1cccc(OC)c1C(C)O. The number of hydrogen-bond donors (Lipinski definition) is 1. The molecule has 2 aromatic carbocycles. The summed E-state index contributed by atoms with van der Waals surface area (Å²) in [5, 5.41) is 10.00. The van der Waals surface area contributed by atoms with Gasteiger partial charge in [-0.25, -0.2) is 0 Å². The summed E-state index contributed by atoms with van der Waals surface area (Å²) in [4.78, 5) is 1.97. The maximum Gasteiger partial charge on any atom is 0.132 e. The molecule has 0 aliphatic rings. The van der Waals surface area contributed by atoms with Gasteiger partial charge in [0.05, 0.1) is 25.2 Å². The second-order valence-electron chi connectivity index (χ2n) is 4.30. The summed E-state index contributed by atoms with van der Waals surface area (Å²) in [5.74, 6) is 1.51. The molecule has 0 spiro atoms. The van der Waals surface area contributed by atoms with Gasteiger partial charge < -0.3 is 14.6 Å². The molecule has 0 saturated carbocycles. The average Bonchev–Trinajstić information content (AvgIpc) is 2.47. The quantitative estimate of drug-likeness (QED) is 0.906. The van der Waals surface area contributed by atoms with Crippen molar-refractivity contribution >= 4 is 11.8 Å². The number of benzene rings is 2. The fourth-order valence-corrected chi connectivity index (χ4v) is 3.19. The first-order chi connectivity index (χ1) is 9.67. The third kappa shape index (κ3) is 3.08. The minimum absolute atomic E-state index is 0.594. The molecule has 3 nitrogen and oxygen atoms in total. The molecule has 0 fully saturated rings. The normalized spacial score (nSPS) is 12.0. The van der Waals surface area contributed by atoms with Crippen LogP contribution in [0.4, 0.5) is 0 Å². The standard InChI is InChI=1S/C16H18O3S/c1-11(17)16-13(19-3)8-6-10-15(16)20-14-9-5-4-7-12(14)18-2/h4-11,17H,1-3H3. The molecule has 20 heavy (non-hydrogen) atoms. The van der Waals surface area contributed by atoms with Crippen molar-refractivity contribution in [3.63, 3.8) is 0 Å². The summed E-state index contributed by atoms with van der Waals surface area (Å²) in [6.07, 6.45) is -0.594.